The van der Waals surface area contributed by atoms with Gasteiger partial charge in [0.15, 0.2) is 0 Å². The molecule has 0 saturated carbocycles. The van der Waals surface area contributed by atoms with Crippen molar-refractivity contribution in [1.82, 2.24) is 5.32 Å². The van der Waals surface area contributed by atoms with Crippen LogP contribution >= 0.6 is 11.3 Å². The van der Waals surface area contributed by atoms with Crippen molar-refractivity contribution >= 4 is 28.2 Å². The molecule has 0 radical (unpaired) electrons. The number of nitrogens with two attached hydrogens (primary N) is 1. The van der Waals surface area contributed by atoms with Gasteiger partial charge in [-0.3, -0.25) is 9.59 Å². The van der Waals surface area contributed by atoms with Gasteiger partial charge >= 0.3 is 0 Å². The number of hydrogen-bond donors (Lipinski definition) is 3. The van der Waals surface area contributed by atoms with Crippen LogP contribution in [0.15, 0.2) is 11.4 Å². The van der Waals surface area contributed by atoms with Gasteiger partial charge in [0.2, 0.25) is 5.91 Å². The Bertz CT molecular complexity index is 412. The second-order valence-electron chi connectivity index (χ2n) is 3.80. The van der Waals surface area contributed by atoms with Gasteiger partial charge in [0, 0.05) is 6.42 Å². The summed E-state index contributed by atoms with van der Waals surface area (Å²) in [5, 5.41) is 8.11. The highest BCUT2D eigenvalue weighted by atomic mass is 32.1. The van der Waals surface area contributed by atoms with E-state index in [4.69, 9.17) is 5.73 Å². The van der Waals surface area contributed by atoms with Gasteiger partial charge in [-0.05, 0) is 30.5 Å². The average Bonchev–Trinajstić information content (AvgIpc) is 2.59. The molecule has 1 aliphatic rings. The summed E-state index contributed by atoms with van der Waals surface area (Å²) in [7, 11) is 0. The fourth-order valence-corrected chi connectivity index (χ4v) is 2.34. The molecule has 5 nitrogen and oxygen atoms in total. The van der Waals surface area contributed by atoms with Crippen molar-refractivity contribution in [2.24, 2.45) is 11.7 Å². The van der Waals surface area contributed by atoms with Crippen molar-refractivity contribution in [3.63, 3.8) is 0 Å². The van der Waals surface area contributed by atoms with Gasteiger partial charge in [0.25, 0.3) is 5.91 Å². The first kappa shape index (κ1) is 11.1. The van der Waals surface area contributed by atoms with Crippen molar-refractivity contribution < 1.29 is 9.59 Å². The second-order valence-corrected chi connectivity index (χ2v) is 4.72. The van der Waals surface area contributed by atoms with Gasteiger partial charge in [-0.1, -0.05) is 0 Å². The number of primary amides is 1. The highest BCUT2D eigenvalue weighted by molar-refractivity contribution is 7.14. The molecule has 86 valence electrons. The Labute approximate surface area is 97.0 Å². The van der Waals surface area contributed by atoms with Crippen molar-refractivity contribution in [2.75, 3.05) is 18.4 Å². The lowest BCUT2D eigenvalue weighted by molar-refractivity contribution is -0.117. The second kappa shape index (κ2) is 4.63. The standard InChI is InChI=1S/C10H13N3O2S/c11-9(15)7-1-2-16-10(7)13-8(14)3-6-4-12-5-6/h1-2,6,12H,3-5H2,(H2,11,15)(H,13,14). The molecule has 1 fully saturated rings. The summed E-state index contributed by atoms with van der Waals surface area (Å²) in [5.74, 6) is -0.157. The molecule has 6 heteroatoms. The largest absolute Gasteiger partial charge is 0.366 e. The Morgan fingerprint density at radius 1 is 1.56 bits per heavy atom. The monoisotopic (exact) mass is 239 g/mol. The van der Waals surface area contributed by atoms with Crippen LogP contribution in [0.1, 0.15) is 16.8 Å². The summed E-state index contributed by atoms with van der Waals surface area (Å²) < 4.78 is 0. The number of carbonyl (C=O) groups is 2. The van der Waals surface area contributed by atoms with E-state index in [0.29, 0.717) is 22.9 Å². The minimum atomic E-state index is -0.512. The summed E-state index contributed by atoms with van der Waals surface area (Å²) in [6, 6.07) is 1.62. The van der Waals surface area contributed by atoms with Crippen LogP contribution in [0.2, 0.25) is 0 Å². The first-order chi connectivity index (χ1) is 7.66. The van der Waals surface area contributed by atoms with Crippen LogP contribution < -0.4 is 16.4 Å². The summed E-state index contributed by atoms with van der Waals surface area (Å²) in [6.45, 7) is 1.78. The summed E-state index contributed by atoms with van der Waals surface area (Å²) in [4.78, 5) is 22.6. The Balaban J connectivity index is 1.94. The van der Waals surface area contributed by atoms with Crippen molar-refractivity contribution in [3.05, 3.63) is 17.0 Å². The Morgan fingerprint density at radius 3 is 2.88 bits per heavy atom. The van der Waals surface area contributed by atoms with Gasteiger partial charge in [0.1, 0.15) is 5.00 Å². The molecule has 2 amide bonds. The Morgan fingerprint density at radius 2 is 2.31 bits per heavy atom. The van der Waals surface area contributed by atoms with E-state index in [1.54, 1.807) is 11.4 Å². The molecule has 0 atom stereocenters. The molecule has 16 heavy (non-hydrogen) atoms. The molecular formula is C10H13N3O2S. The highest BCUT2D eigenvalue weighted by Crippen LogP contribution is 2.23. The molecule has 2 rings (SSSR count). The maximum absolute atomic E-state index is 11.6. The molecule has 2 heterocycles. The van der Waals surface area contributed by atoms with E-state index in [1.165, 1.54) is 11.3 Å². The smallest absolute Gasteiger partial charge is 0.251 e. The first-order valence-corrected chi connectivity index (χ1v) is 5.92. The molecule has 0 bridgehead atoms. The van der Waals surface area contributed by atoms with Crippen molar-refractivity contribution in [3.8, 4) is 0 Å². The first-order valence-electron chi connectivity index (χ1n) is 5.04. The minimum Gasteiger partial charge on any atom is -0.366 e. The van der Waals surface area contributed by atoms with Crippen LogP contribution in [0.25, 0.3) is 0 Å². The number of amides is 2. The number of hydrogen-bond acceptors (Lipinski definition) is 4. The lowest BCUT2D eigenvalue weighted by atomic mass is 9.99. The van der Waals surface area contributed by atoms with Crippen molar-refractivity contribution in [1.29, 1.82) is 0 Å². The lowest BCUT2D eigenvalue weighted by Gasteiger charge is -2.26. The number of thiophene rings is 1. The molecule has 0 spiro atoms. The van der Waals surface area contributed by atoms with Crippen LogP contribution in [-0.2, 0) is 4.79 Å². The van der Waals surface area contributed by atoms with Crippen LogP contribution in [0.4, 0.5) is 5.00 Å². The molecule has 1 saturated heterocycles. The molecule has 1 aliphatic heterocycles. The van der Waals surface area contributed by atoms with Gasteiger partial charge in [-0.2, -0.15) is 0 Å². The van der Waals surface area contributed by atoms with E-state index in [0.717, 1.165) is 13.1 Å². The van der Waals surface area contributed by atoms with E-state index in [1.807, 2.05) is 0 Å². The predicted octanol–water partition coefficient (Wildman–Crippen LogP) is 0.395. The number of carbonyl (C=O) groups excluding carboxylic acids is 2. The molecule has 0 aromatic carbocycles. The van der Waals surface area contributed by atoms with Crippen LogP contribution in [0.5, 0.6) is 0 Å². The number of rotatable bonds is 4. The molecule has 0 unspecified atom stereocenters. The van der Waals surface area contributed by atoms with E-state index >= 15 is 0 Å². The topological polar surface area (TPSA) is 84.2 Å². The third kappa shape index (κ3) is 2.40. The minimum absolute atomic E-state index is 0.0588. The van der Waals surface area contributed by atoms with Crippen LogP contribution in [-0.4, -0.2) is 24.9 Å². The lowest BCUT2D eigenvalue weighted by Crippen LogP contribution is -2.43. The summed E-state index contributed by atoms with van der Waals surface area (Å²) in [6.07, 6.45) is 0.489. The molecular weight excluding hydrogens is 226 g/mol. The predicted molar refractivity (Wildman–Crippen MR) is 62.4 cm³/mol. The van der Waals surface area contributed by atoms with Crippen molar-refractivity contribution in [2.45, 2.75) is 6.42 Å². The molecule has 1 aromatic heterocycles. The normalized spacial score (nSPS) is 15.5. The quantitative estimate of drug-likeness (QED) is 0.711. The van der Waals surface area contributed by atoms with Gasteiger partial charge < -0.3 is 16.4 Å². The number of nitrogens with one attached hydrogen (secondary N) is 2. The van der Waals surface area contributed by atoms with Gasteiger partial charge in [-0.25, -0.2) is 0 Å². The van der Waals surface area contributed by atoms with Gasteiger partial charge in [-0.15, -0.1) is 11.3 Å². The molecule has 1 aromatic rings. The molecule has 0 aliphatic carbocycles. The Kier molecular flexibility index (Phi) is 3.21. The van der Waals surface area contributed by atoms with E-state index < -0.39 is 5.91 Å². The summed E-state index contributed by atoms with van der Waals surface area (Å²) in [5.41, 5.74) is 5.56. The zero-order chi connectivity index (χ0) is 11.5. The SMILES string of the molecule is NC(=O)c1ccsc1NC(=O)CC1CNC1. The fourth-order valence-electron chi connectivity index (χ4n) is 1.53. The van der Waals surface area contributed by atoms with Crippen LogP contribution in [0.3, 0.4) is 0 Å². The highest BCUT2D eigenvalue weighted by Gasteiger charge is 2.21. The Hall–Kier alpha value is -1.40. The van der Waals surface area contributed by atoms with E-state index in [2.05, 4.69) is 10.6 Å². The average molecular weight is 239 g/mol. The number of anilines is 1. The maximum atomic E-state index is 11.6. The fraction of sp³-hybridized carbons (Fsp3) is 0.400. The van der Waals surface area contributed by atoms with E-state index in [-0.39, 0.29) is 5.91 Å². The third-order valence-electron chi connectivity index (χ3n) is 2.52. The van der Waals surface area contributed by atoms with Gasteiger partial charge in [0.05, 0.1) is 5.56 Å². The molecule has 4 N–H and O–H groups in total. The van der Waals surface area contributed by atoms with Crippen LogP contribution in [0, 0.1) is 5.92 Å². The zero-order valence-electron chi connectivity index (χ0n) is 8.66. The summed E-state index contributed by atoms with van der Waals surface area (Å²) >= 11 is 1.31. The van der Waals surface area contributed by atoms with E-state index in [9.17, 15) is 9.59 Å². The third-order valence-corrected chi connectivity index (χ3v) is 3.35. The maximum Gasteiger partial charge on any atom is 0.251 e. The zero-order valence-corrected chi connectivity index (χ0v) is 9.47.